The summed E-state index contributed by atoms with van der Waals surface area (Å²) in [6.45, 7) is -0.0719. The Hall–Kier alpha value is -1.73. The number of carbonyl (C=O) groups excluding carboxylic acids is 2. The van der Waals surface area contributed by atoms with Gasteiger partial charge in [0.15, 0.2) is 0 Å². The molecule has 41 heavy (non-hydrogen) atoms. The van der Waals surface area contributed by atoms with Crippen LogP contribution in [0.2, 0.25) is 0 Å². The van der Waals surface area contributed by atoms with E-state index in [0.29, 0.717) is 30.7 Å². The van der Waals surface area contributed by atoms with Crippen molar-refractivity contribution in [3.63, 3.8) is 0 Å². The lowest BCUT2D eigenvalue weighted by Crippen LogP contribution is -2.51. The van der Waals surface area contributed by atoms with Gasteiger partial charge >= 0.3 is 29.5 Å². The molecule has 0 aromatic heterocycles. The van der Waals surface area contributed by atoms with E-state index in [1.165, 1.54) is 6.20 Å². The zero-order chi connectivity index (χ0) is 30.4. The van der Waals surface area contributed by atoms with Crippen molar-refractivity contribution in [2.45, 2.75) is 56.8 Å². The zero-order valence-corrected chi connectivity index (χ0v) is 23.9. The number of nitrogens with two attached hydrogens (primary N) is 1. The van der Waals surface area contributed by atoms with Gasteiger partial charge in [-0.3, -0.25) is 15.0 Å². The smallest absolute Gasteiger partial charge is 0.469 e. The number of phosphoric acid groups is 3. The minimum Gasteiger partial charge on any atom is -0.469 e. The second-order valence-corrected chi connectivity index (χ2v) is 13.2. The van der Waals surface area contributed by atoms with Crippen LogP contribution < -0.4 is 16.4 Å². The molecule has 0 radical (unpaired) electrons. The van der Waals surface area contributed by atoms with E-state index in [4.69, 9.17) is 29.9 Å². The number of fused-ring (bicyclic) bond motifs is 1. The number of unbranched alkanes of at least 4 members (excludes halogenated alkanes) is 2. The highest BCUT2D eigenvalue weighted by Crippen LogP contribution is 2.66. The molecule has 0 aliphatic carbocycles. The highest BCUT2D eigenvalue weighted by atomic mass is 31.3. The number of carbonyl (C=O) groups is 2. The molecular formula is C18H31N4O16P3. The van der Waals surface area contributed by atoms with E-state index < -0.39 is 60.8 Å². The number of nitrogens with one attached hydrogen (secondary N) is 2. The van der Waals surface area contributed by atoms with Gasteiger partial charge in [-0.05, 0) is 25.5 Å². The first kappa shape index (κ1) is 33.8. The molecule has 234 valence electrons. The minimum absolute atomic E-state index is 0.104. The predicted octanol–water partition coefficient (Wildman–Crippen LogP) is -0.478. The average Bonchev–Trinajstić information content (AvgIpc) is 3.39. The molecule has 3 amide bonds. The fourth-order valence-corrected chi connectivity index (χ4v) is 6.63. The Balaban J connectivity index is 1.49. The van der Waals surface area contributed by atoms with Crippen LogP contribution in [0.15, 0.2) is 23.6 Å². The molecule has 9 N–H and O–H groups in total. The van der Waals surface area contributed by atoms with Crippen molar-refractivity contribution in [1.29, 1.82) is 0 Å². The largest absolute Gasteiger partial charge is 0.508 e. The number of rotatable bonds is 16. The van der Waals surface area contributed by atoms with Gasteiger partial charge in [-0.15, -0.1) is 4.67 Å². The first-order valence-electron chi connectivity index (χ1n) is 12.0. The van der Waals surface area contributed by atoms with Crippen molar-refractivity contribution in [2.24, 2.45) is 5.73 Å². The molecular weight excluding hydrogens is 621 g/mol. The van der Waals surface area contributed by atoms with Crippen LogP contribution >= 0.6 is 23.5 Å². The summed E-state index contributed by atoms with van der Waals surface area (Å²) >= 11 is 0. The minimum atomic E-state index is -5.74. The zero-order valence-electron chi connectivity index (χ0n) is 21.2. The summed E-state index contributed by atoms with van der Waals surface area (Å²) in [6, 6.07) is -0.635. The molecule has 0 aromatic carbocycles. The lowest BCUT2D eigenvalue weighted by Gasteiger charge is -2.31. The van der Waals surface area contributed by atoms with Crippen LogP contribution in [0, 0.1) is 0 Å². The van der Waals surface area contributed by atoms with Gasteiger partial charge in [-0.1, -0.05) is 6.42 Å². The standard InChI is InChI=1S/C18H31N4O16P3/c19-5-3-1-2-4-15(24)20-8-12-6-11-9-22(18(25)21-17(11)34-12)16-7-13(23)14(35-16)10-33-36-40(29,30)38-41(31,32)37-39(26,27)28/h6,9,13-14,16-17,23H,1-5,7-8,10,19H2,(H,20,24)(H,21,25)(H,29,30)(H,31,32)(H2,26,27,28). The molecule has 0 saturated carbocycles. The second-order valence-electron chi connectivity index (χ2n) is 8.85. The van der Waals surface area contributed by atoms with Crippen LogP contribution in [0.25, 0.3) is 0 Å². The Labute approximate surface area is 232 Å². The van der Waals surface area contributed by atoms with E-state index in [9.17, 15) is 33.3 Å². The highest BCUT2D eigenvalue weighted by molar-refractivity contribution is 7.66. The molecule has 3 aliphatic rings. The predicted molar refractivity (Wildman–Crippen MR) is 132 cm³/mol. The summed E-state index contributed by atoms with van der Waals surface area (Å²) in [7, 11) is -16.8. The number of urea groups is 1. The van der Waals surface area contributed by atoms with Crippen molar-refractivity contribution in [1.82, 2.24) is 15.5 Å². The molecule has 1 fully saturated rings. The van der Waals surface area contributed by atoms with Gasteiger partial charge < -0.3 is 45.2 Å². The van der Waals surface area contributed by atoms with Crippen LogP contribution in [0.5, 0.6) is 0 Å². The third-order valence-electron chi connectivity index (χ3n) is 5.55. The maximum absolute atomic E-state index is 12.6. The Morgan fingerprint density at radius 2 is 1.88 bits per heavy atom. The molecule has 0 spiro atoms. The Kier molecular flexibility index (Phi) is 11.7. The van der Waals surface area contributed by atoms with Crippen molar-refractivity contribution in [2.75, 3.05) is 19.7 Å². The first-order valence-corrected chi connectivity index (χ1v) is 16.5. The topological polar surface area (TPSA) is 295 Å². The lowest BCUT2D eigenvalue weighted by molar-refractivity contribution is -0.245. The van der Waals surface area contributed by atoms with Crippen molar-refractivity contribution >= 4 is 35.4 Å². The normalized spacial score (nSPS) is 27.2. The molecule has 23 heteroatoms. The maximum atomic E-state index is 12.6. The third kappa shape index (κ3) is 10.8. The number of hydrogen-bond acceptors (Lipinski definition) is 13. The van der Waals surface area contributed by atoms with E-state index >= 15 is 0 Å². The van der Waals surface area contributed by atoms with Crippen molar-refractivity contribution in [3.8, 4) is 0 Å². The fraction of sp³-hybridized carbons (Fsp3) is 0.667. The van der Waals surface area contributed by atoms with Gasteiger partial charge in [0.1, 0.15) is 24.7 Å². The summed E-state index contributed by atoms with van der Waals surface area (Å²) < 4.78 is 56.0. The molecule has 3 aliphatic heterocycles. The van der Waals surface area contributed by atoms with E-state index in [1.54, 1.807) is 6.08 Å². The number of hydrogen-bond donors (Lipinski definition) is 8. The van der Waals surface area contributed by atoms with Crippen LogP contribution in [0.1, 0.15) is 32.1 Å². The molecule has 6 unspecified atom stereocenters. The van der Waals surface area contributed by atoms with Gasteiger partial charge in [0, 0.05) is 24.6 Å². The Morgan fingerprint density at radius 1 is 1.15 bits per heavy atom. The number of ether oxygens (including phenoxy) is 2. The second kappa shape index (κ2) is 14.2. The van der Waals surface area contributed by atoms with Gasteiger partial charge in [0.05, 0.1) is 12.6 Å². The van der Waals surface area contributed by atoms with E-state index in [0.717, 1.165) is 17.7 Å². The van der Waals surface area contributed by atoms with Gasteiger partial charge in [0.2, 0.25) is 12.1 Å². The van der Waals surface area contributed by atoms with Gasteiger partial charge in [-0.25, -0.2) is 23.4 Å². The number of aliphatic hydroxyl groups is 1. The van der Waals surface area contributed by atoms with Crippen LogP contribution in [-0.4, -0.2) is 85.9 Å². The lowest BCUT2D eigenvalue weighted by atomic mass is 10.1. The number of amides is 3. The summed E-state index contributed by atoms with van der Waals surface area (Å²) in [5, 5.41) is 15.6. The van der Waals surface area contributed by atoms with Gasteiger partial charge in [-0.2, -0.15) is 8.62 Å². The monoisotopic (exact) mass is 652 g/mol. The third-order valence-corrected chi connectivity index (χ3v) is 9.18. The molecule has 0 bridgehead atoms. The Morgan fingerprint density at radius 3 is 2.56 bits per heavy atom. The van der Waals surface area contributed by atoms with E-state index in [-0.39, 0.29) is 18.9 Å². The van der Waals surface area contributed by atoms with Crippen LogP contribution in [-0.2, 0) is 46.1 Å². The fourth-order valence-electron chi connectivity index (χ4n) is 3.82. The molecule has 1 saturated heterocycles. The highest BCUT2D eigenvalue weighted by Gasteiger charge is 2.44. The van der Waals surface area contributed by atoms with Crippen molar-refractivity contribution in [3.05, 3.63) is 23.6 Å². The number of aliphatic hydroxyl groups excluding tert-OH is 1. The molecule has 3 rings (SSSR count). The molecule has 0 aromatic rings. The summed E-state index contributed by atoms with van der Waals surface area (Å²) in [5.41, 5.74) is 5.96. The van der Waals surface area contributed by atoms with Crippen LogP contribution in [0.4, 0.5) is 4.79 Å². The first-order chi connectivity index (χ1) is 19.1. The van der Waals surface area contributed by atoms with Crippen LogP contribution in [0.3, 0.4) is 0 Å². The van der Waals surface area contributed by atoms with E-state index in [2.05, 4.69) is 28.8 Å². The quantitative estimate of drug-likeness (QED) is 0.0452. The SMILES string of the molecule is NCCCCCC(=O)NCC1=CC2=CN(C3CC(O)C(COOP(=O)(O)OP(=O)(O)OP(=O)(O)O)O3)C(=O)NC2O1. The Bertz CT molecular complexity index is 1180. The summed E-state index contributed by atoms with van der Waals surface area (Å²) in [5.74, 6) is 0.249. The molecule has 6 atom stereocenters. The van der Waals surface area contributed by atoms with Crippen molar-refractivity contribution < 1.29 is 75.6 Å². The molecule has 20 nitrogen and oxygen atoms in total. The summed E-state index contributed by atoms with van der Waals surface area (Å²) in [4.78, 5) is 65.8. The molecule has 3 heterocycles. The maximum Gasteiger partial charge on any atom is 0.508 e. The number of nitrogens with zero attached hydrogens (tertiary/aromatic N) is 1. The van der Waals surface area contributed by atoms with E-state index in [1.807, 2.05) is 0 Å². The van der Waals surface area contributed by atoms with Gasteiger partial charge in [0.25, 0.3) is 0 Å². The summed E-state index contributed by atoms with van der Waals surface area (Å²) in [6.07, 6.45) is 1.36. The average molecular weight is 652 g/mol.